The lowest BCUT2D eigenvalue weighted by molar-refractivity contribution is -0.150. The lowest BCUT2D eigenvalue weighted by Crippen LogP contribution is -2.30. The Balaban J connectivity index is 3.13. The van der Waals surface area contributed by atoms with Crippen LogP contribution in [0, 0.1) is 5.92 Å². The minimum absolute atomic E-state index is 0.149. The number of ether oxygens (including phenoxy) is 1. The molecule has 0 heterocycles. The van der Waals surface area contributed by atoms with E-state index in [9.17, 15) is 19.0 Å². The molecule has 1 rings (SSSR count). The average Bonchev–Trinajstić information content (AvgIpc) is 2.51. The number of carbonyl (C=O) groups is 2. The minimum atomic E-state index is -3.72. The zero-order valence-corrected chi connectivity index (χ0v) is 13.8. The zero-order valence-electron chi connectivity index (χ0n) is 12.9. The van der Waals surface area contributed by atoms with Crippen LogP contribution in [0.1, 0.15) is 24.8 Å². The number of hydrogen-bond donors (Lipinski definition) is 1. The molecule has 0 aliphatic heterocycles. The van der Waals surface area contributed by atoms with Gasteiger partial charge in [0.2, 0.25) is 0 Å². The van der Waals surface area contributed by atoms with Crippen molar-refractivity contribution in [3.8, 4) is 0 Å². The summed E-state index contributed by atoms with van der Waals surface area (Å²) in [7, 11) is -1.35. The Labute approximate surface area is 130 Å². The maximum absolute atomic E-state index is 12.0. The van der Waals surface area contributed by atoms with Crippen LogP contribution in [-0.4, -0.2) is 37.0 Å². The lowest BCUT2D eigenvalue weighted by atomic mass is 9.82. The standard InChI is InChI=1S/C15H21O6P/c1-11(16)14(15(17)20-2)13(9-10-22(18,19)21-3)12-7-5-4-6-8-12/h4-8,13-14H,9-10H2,1-3H3,(H,18,19). The predicted molar refractivity (Wildman–Crippen MR) is 81.7 cm³/mol. The highest BCUT2D eigenvalue weighted by Crippen LogP contribution is 2.44. The Morgan fingerprint density at radius 2 is 1.82 bits per heavy atom. The second kappa shape index (κ2) is 8.22. The van der Waals surface area contributed by atoms with E-state index in [0.717, 1.165) is 12.7 Å². The van der Waals surface area contributed by atoms with Crippen LogP contribution < -0.4 is 0 Å². The summed E-state index contributed by atoms with van der Waals surface area (Å²) >= 11 is 0. The highest BCUT2D eigenvalue weighted by Gasteiger charge is 2.35. The van der Waals surface area contributed by atoms with Gasteiger partial charge in [0.05, 0.1) is 13.3 Å². The molecule has 0 aliphatic carbocycles. The molecular formula is C15H21O6P. The highest BCUT2D eigenvalue weighted by atomic mass is 31.2. The van der Waals surface area contributed by atoms with E-state index in [4.69, 9.17) is 4.74 Å². The molecule has 0 spiro atoms. The summed E-state index contributed by atoms with van der Waals surface area (Å²) in [4.78, 5) is 33.4. The normalized spacial score (nSPS) is 16.4. The van der Waals surface area contributed by atoms with Crippen LogP contribution in [0.4, 0.5) is 0 Å². The van der Waals surface area contributed by atoms with Crippen molar-refractivity contribution in [3.05, 3.63) is 35.9 Å². The molecule has 0 aliphatic rings. The van der Waals surface area contributed by atoms with Gasteiger partial charge in [-0.1, -0.05) is 30.3 Å². The number of esters is 1. The predicted octanol–water partition coefficient (Wildman–Crippen LogP) is 2.37. The molecule has 3 unspecified atom stereocenters. The number of benzene rings is 1. The molecule has 1 aromatic rings. The Hall–Kier alpha value is -1.49. The summed E-state index contributed by atoms with van der Waals surface area (Å²) in [6.45, 7) is 1.31. The maximum atomic E-state index is 12.0. The molecule has 22 heavy (non-hydrogen) atoms. The molecular weight excluding hydrogens is 307 g/mol. The van der Waals surface area contributed by atoms with Gasteiger partial charge in [-0.15, -0.1) is 0 Å². The molecule has 0 aromatic heterocycles. The average molecular weight is 328 g/mol. The molecule has 1 aromatic carbocycles. The number of carbonyl (C=O) groups excluding carboxylic acids is 2. The summed E-state index contributed by atoms with van der Waals surface area (Å²) in [6, 6.07) is 8.93. The van der Waals surface area contributed by atoms with Crippen molar-refractivity contribution in [3.63, 3.8) is 0 Å². The Morgan fingerprint density at radius 3 is 2.27 bits per heavy atom. The second-order valence-corrected chi connectivity index (χ2v) is 7.05. The summed E-state index contributed by atoms with van der Waals surface area (Å²) in [6.07, 6.45) is 0.00874. The maximum Gasteiger partial charge on any atom is 0.327 e. The summed E-state index contributed by atoms with van der Waals surface area (Å²) < 4.78 is 21.0. The van der Waals surface area contributed by atoms with E-state index in [-0.39, 0.29) is 18.4 Å². The van der Waals surface area contributed by atoms with Crippen molar-refractivity contribution in [1.29, 1.82) is 0 Å². The Kier molecular flexibility index (Phi) is 6.94. The van der Waals surface area contributed by atoms with E-state index in [0.29, 0.717) is 0 Å². The van der Waals surface area contributed by atoms with Crippen LogP contribution in [0.3, 0.4) is 0 Å². The monoisotopic (exact) mass is 328 g/mol. The van der Waals surface area contributed by atoms with Gasteiger partial charge >= 0.3 is 13.6 Å². The molecule has 1 N–H and O–H groups in total. The van der Waals surface area contributed by atoms with Gasteiger partial charge in [0.15, 0.2) is 0 Å². The fourth-order valence-corrected chi connectivity index (χ4v) is 3.15. The van der Waals surface area contributed by atoms with Gasteiger partial charge in [0, 0.05) is 13.0 Å². The van der Waals surface area contributed by atoms with Crippen molar-refractivity contribution >= 4 is 19.3 Å². The number of ketones is 1. The topological polar surface area (TPSA) is 89.9 Å². The quantitative estimate of drug-likeness (QED) is 0.448. The summed E-state index contributed by atoms with van der Waals surface area (Å²) in [5.74, 6) is -2.54. The molecule has 122 valence electrons. The second-order valence-electron chi connectivity index (χ2n) is 4.96. The zero-order chi connectivity index (χ0) is 16.8. The van der Waals surface area contributed by atoms with Gasteiger partial charge in [-0.25, -0.2) is 0 Å². The fraction of sp³-hybridized carbons (Fsp3) is 0.467. The van der Waals surface area contributed by atoms with Gasteiger partial charge in [-0.05, 0) is 18.9 Å². The number of Topliss-reactive ketones (excluding diaryl/α,β-unsaturated/α-hetero) is 1. The molecule has 0 fully saturated rings. The Bertz CT molecular complexity index is 556. The Morgan fingerprint density at radius 1 is 1.23 bits per heavy atom. The van der Waals surface area contributed by atoms with Gasteiger partial charge in [-0.2, -0.15) is 0 Å². The smallest absolute Gasteiger partial charge is 0.327 e. The van der Waals surface area contributed by atoms with Crippen molar-refractivity contribution in [1.82, 2.24) is 0 Å². The van der Waals surface area contributed by atoms with Crippen molar-refractivity contribution in [2.75, 3.05) is 20.4 Å². The molecule has 6 nitrogen and oxygen atoms in total. The van der Waals surface area contributed by atoms with Crippen LogP contribution in [-0.2, 0) is 23.4 Å². The highest BCUT2D eigenvalue weighted by molar-refractivity contribution is 7.52. The van der Waals surface area contributed by atoms with E-state index >= 15 is 0 Å². The summed E-state index contributed by atoms with van der Waals surface area (Å²) in [5.41, 5.74) is 0.740. The van der Waals surface area contributed by atoms with Gasteiger partial charge in [-0.3, -0.25) is 14.2 Å². The van der Waals surface area contributed by atoms with Crippen LogP contribution in [0.2, 0.25) is 0 Å². The van der Waals surface area contributed by atoms with E-state index in [1.165, 1.54) is 14.0 Å². The van der Waals surface area contributed by atoms with E-state index in [1.54, 1.807) is 24.3 Å². The molecule has 3 atom stereocenters. The lowest BCUT2D eigenvalue weighted by Gasteiger charge is -2.24. The molecule has 0 saturated heterocycles. The van der Waals surface area contributed by atoms with Crippen LogP contribution in [0.25, 0.3) is 0 Å². The molecule has 0 radical (unpaired) electrons. The van der Waals surface area contributed by atoms with Crippen molar-refractivity contribution in [2.24, 2.45) is 5.92 Å². The number of hydrogen-bond acceptors (Lipinski definition) is 5. The first-order chi connectivity index (χ1) is 10.3. The molecule has 0 amide bonds. The largest absolute Gasteiger partial charge is 0.468 e. The van der Waals surface area contributed by atoms with E-state index in [1.807, 2.05) is 6.07 Å². The fourth-order valence-electron chi connectivity index (χ4n) is 2.36. The van der Waals surface area contributed by atoms with E-state index in [2.05, 4.69) is 4.52 Å². The SMILES string of the molecule is COC(=O)C(C(C)=O)C(CCP(=O)(O)OC)c1ccccc1. The van der Waals surface area contributed by atoms with Crippen LogP contribution in [0.5, 0.6) is 0 Å². The third-order valence-corrected chi connectivity index (χ3v) is 4.93. The molecule has 0 bridgehead atoms. The van der Waals surface area contributed by atoms with Crippen LogP contribution >= 0.6 is 7.60 Å². The van der Waals surface area contributed by atoms with Gasteiger partial charge in [0.1, 0.15) is 11.7 Å². The van der Waals surface area contributed by atoms with Gasteiger partial charge < -0.3 is 14.2 Å². The summed E-state index contributed by atoms with van der Waals surface area (Å²) in [5, 5.41) is 0. The minimum Gasteiger partial charge on any atom is -0.468 e. The van der Waals surface area contributed by atoms with Crippen molar-refractivity contribution in [2.45, 2.75) is 19.3 Å². The number of rotatable bonds is 8. The third kappa shape index (κ3) is 5.05. The first-order valence-electron chi connectivity index (χ1n) is 6.83. The van der Waals surface area contributed by atoms with E-state index < -0.39 is 25.4 Å². The molecule has 0 saturated carbocycles. The molecule has 7 heteroatoms. The van der Waals surface area contributed by atoms with Crippen LogP contribution in [0.15, 0.2) is 30.3 Å². The third-order valence-electron chi connectivity index (χ3n) is 3.53. The number of methoxy groups -OCH3 is 1. The first kappa shape index (κ1) is 18.6. The van der Waals surface area contributed by atoms with Gasteiger partial charge in [0.25, 0.3) is 0 Å². The first-order valence-corrected chi connectivity index (χ1v) is 8.59. The van der Waals surface area contributed by atoms with Crippen molar-refractivity contribution < 1.29 is 28.3 Å².